The summed E-state index contributed by atoms with van der Waals surface area (Å²) in [7, 11) is -3.45. The molecule has 1 heterocycles. The highest BCUT2D eigenvalue weighted by Crippen LogP contribution is 2.11. The van der Waals surface area contributed by atoms with Crippen LogP contribution in [0.5, 0.6) is 0 Å². The number of benzene rings is 1. The molecule has 1 amide bonds. The van der Waals surface area contributed by atoms with Gasteiger partial charge in [0.15, 0.2) is 0 Å². The van der Waals surface area contributed by atoms with E-state index in [1.807, 2.05) is 30.3 Å². The zero-order valence-electron chi connectivity index (χ0n) is 13.0. The third-order valence-corrected chi connectivity index (χ3v) is 3.93. The lowest BCUT2D eigenvalue weighted by Crippen LogP contribution is -2.46. The molecule has 2 rings (SSSR count). The number of hydrogen-bond acceptors (Lipinski definition) is 6. The van der Waals surface area contributed by atoms with Gasteiger partial charge in [-0.2, -0.15) is 8.42 Å². The van der Waals surface area contributed by atoms with Crippen molar-refractivity contribution >= 4 is 16.2 Å². The van der Waals surface area contributed by atoms with E-state index in [4.69, 9.17) is 13.7 Å². The van der Waals surface area contributed by atoms with Crippen LogP contribution in [-0.2, 0) is 30.4 Å². The maximum Gasteiger partial charge on any atom is 0.410 e. The first-order chi connectivity index (χ1) is 10.9. The molecule has 1 aliphatic rings. The quantitative estimate of drug-likeness (QED) is 0.726. The highest BCUT2D eigenvalue weighted by molar-refractivity contribution is 7.85. The van der Waals surface area contributed by atoms with Crippen LogP contribution in [-0.4, -0.2) is 58.1 Å². The first-order valence-corrected chi connectivity index (χ1v) is 9.17. The number of carbonyl (C=O) groups excluding carboxylic acids is 1. The van der Waals surface area contributed by atoms with Crippen LogP contribution in [0.4, 0.5) is 4.79 Å². The fraction of sp³-hybridized carbons (Fsp3) is 0.533. The van der Waals surface area contributed by atoms with E-state index < -0.39 is 16.2 Å². The Morgan fingerprint density at radius 2 is 2.09 bits per heavy atom. The Hall–Kier alpha value is -1.64. The third kappa shape index (κ3) is 6.55. The van der Waals surface area contributed by atoms with Crippen LogP contribution < -0.4 is 0 Å². The summed E-state index contributed by atoms with van der Waals surface area (Å²) in [5.74, 6) is 0. The molecule has 0 aromatic heterocycles. The van der Waals surface area contributed by atoms with Crippen LogP contribution in [0.1, 0.15) is 12.0 Å². The van der Waals surface area contributed by atoms with Gasteiger partial charge in [-0.3, -0.25) is 4.18 Å². The van der Waals surface area contributed by atoms with Crippen LogP contribution >= 0.6 is 0 Å². The smallest absolute Gasteiger partial charge is 0.410 e. The van der Waals surface area contributed by atoms with Gasteiger partial charge in [0.25, 0.3) is 10.1 Å². The van der Waals surface area contributed by atoms with Gasteiger partial charge >= 0.3 is 6.09 Å². The molecule has 1 aliphatic heterocycles. The SMILES string of the molecule is CS(=O)(=O)OCCC1CN(C(=O)OCc2ccccc2)CCO1. The van der Waals surface area contributed by atoms with Gasteiger partial charge < -0.3 is 14.4 Å². The van der Waals surface area contributed by atoms with Gasteiger partial charge in [0.2, 0.25) is 0 Å². The molecule has 128 valence electrons. The molecule has 1 aromatic rings. The van der Waals surface area contributed by atoms with Crippen LogP contribution in [0, 0.1) is 0 Å². The lowest BCUT2D eigenvalue weighted by atomic mass is 10.2. The number of nitrogens with zero attached hydrogens (tertiary/aromatic N) is 1. The van der Waals surface area contributed by atoms with Crippen molar-refractivity contribution in [2.75, 3.05) is 32.6 Å². The van der Waals surface area contributed by atoms with Crippen LogP contribution in [0.3, 0.4) is 0 Å². The summed E-state index contributed by atoms with van der Waals surface area (Å²) < 4.78 is 37.3. The molecule has 1 aromatic carbocycles. The largest absolute Gasteiger partial charge is 0.445 e. The molecule has 0 aliphatic carbocycles. The summed E-state index contributed by atoms with van der Waals surface area (Å²) in [5.41, 5.74) is 0.923. The second kappa shape index (κ2) is 8.28. The standard InChI is InChI=1S/C15H21NO6S/c1-23(18,19)22-9-7-14-11-16(8-10-20-14)15(17)21-12-13-5-3-2-4-6-13/h2-6,14H,7-12H2,1H3. The van der Waals surface area contributed by atoms with Gasteiger partial charge in [-0.15, -0.1) is 0 Å². The predicted molar refractivity (Wildman–Crippen MR) is 83.4 cm³/mol. The lowest BCUT2D eigenvalue weighted by Gasteiger charge is -2.32. The molecule has 1 atom stereocenters. The Labute approximate surface area is 136 Å². The Morgan fingerprint density at radius 1 is 1.35 bits per heavy atom. The van der Waals surface area contributed by atoms with E-state index in [-0.39, 0.29) is 19.3 Å². The summed E-state index contributed by atoms with van der Waals surface area (Å²) in [6.07, 6.45) is 0.748. The molecule has 0 bridgehead atoms. The molecule has 0 spiro atoms. The molecule has 1 fully saturated rings. The van der Waals surface area contributed by atoms with Gasteiger partial charge in [0.1, 0.15) is 6.61 Å². The Balaban J connectivity index is 1.75. The van der Waals surface area contributed by atoms with Crippen molar-refractivity contribution < 1.29 is 26.9 Å². The van der Waals surface area contributed by atoms with Crippen molar-refractivity contribution in [1.82, 2.24) is 4.90 Å². The van der Waals surface area contributed by atoms with E-state index in [1.165, 1.54) is 0 Å². The average Bonchev–Trinajstić information content (AvgIpc) is 2.53. The maximum absolute atomic E-state index is 12.1. The molecule has 0 N–H and O–H groups in total. The summed E-state index contributed by atoms with van der Waals surface area (Å²) in [5, 5.41) is 0. The minimum Gasteiger partial charge on any atom is -0.445 e. The zero-order valence-corrected chi connectivity index (χ0v) is 13.8. The molecular formula is C15H21NO6S. The van der Waals surface area contributed by atoms with E-state index in [2.05, 4.69) is 0 Å². The lowest BCUT2D eigenvalue weighted by molar-refractivity contribution is -0.0354. The molecular weight excluding hydrogens is 322 g/mol. The highest BCUT2D eigenvalue weighted by atomic mass is 32.2. The minimum atomic E-state index is -3.45. The maximum atomic E-state index is 12.1. The summed E-state index contributed by atoms with van der Waals surface area (Å²) in [6.45, 7) is 1.47. The van der Waals surface area contributed by atoms with Crippen molar-refractivity contribution in [3.63, 3.8) is 0 Å². The Bertz CT molecular complexity index is 604. The summed E-state index contributed by atoms with van der Waals surface area (Å²) in [6, 6.07) is 9.44. The topological polar surface area (TPSA) is 82.1 Å². The Morgan fingerprint density at radius 3 is 2.78 bits per heavy atom. The fourth-order valence-electron chi connectivity index (χ4n) is 2.20. The highest BCUT2D eigenvalue weighted by Gasteiger charge is 2.25. The number of morpholine rings is 1. The van der Waals surface area contributed by atoms with Gasteiger partial charge in [-0.05, 0) is 5.56 Å². The molecule has 0 radical (unpaired) electrons. The average molecular weight is 343 g/mol. The molecule has 8 heteroatoms. The van der Waals surface area contributed by atoms with Crippen LogP contribution in [0.25, 0.3) is 0 Å². The second-order valence-corrected chi connectivity index (χ2v) is 6.94. The van der Waals surface area contributed by atoms with Crippen molar-refractivity contribution in [2.24, 2.45) is 0 Å². The van der Waals surface area contributed by atoms with E-state index in [1.54, 1.807) is 4.90 Å². The number of hydrogen-bond donors (Lipinski definition) is 0. The van der Waals surface area contributed by atoms with Crippen molar-refractivity contribution in [3.8, 4) is 0 Å². The van der Waals surface area contributed by atoms with Crippen molar-refractivity contribution in [2.45, 2.75) is 19.1 Å². The van der Waals surface area contributed by atoms with Gasteiger partial charge in [-0.25, -0.2) is 4.79 Å². The summed E-state index contributed by atoms with van der Waals surface area (Å²) in [4.78, 5) is 13.6. The first kappa shape index (κ1) is 17.7. The Kier molecular flexibility index (Phi) is 6.37. The fourth-order valence-corrected chi connectivity index (χ4v) is 2.60. The number of carbonyl (C=O) groups is 1. The van der Waals surface area contributed by atoms with E-state index >= 15 is 0 Å². The number of rotatable bonds is 6. The van der Waals surface area contributed by atoms with E-state index in [0.717, 1.165) is 11.8 Å². The number of amides is 1. The monoisotopic (exact) mass is 343 g/mol. The zero-order chi connectivity index (χ0) is 16.7. The van der Waals surface area contributed by atoms with Gasteiger partial charge in [-0.1, -0.05) is 30.3 Å². The van der Waals surface area contributed by atoms with Crippen LogP contribution in [0.15, 0.2) is 30.3 Å². The summed E-state index contributed by atoms with van der Waals surface area (Å²) >= 11 is 0. The number of ether oxygens (including phenoxy) is 2. The molecule has 23 heavy (non-hydrogen) atoms. The third-order valence-electron chi connectivity index (χ3n) is 3.34. The normalized spacial score (nSPS) is 18.7. The molecule has 1 saturated heterocycles. The first-order valence-electron chi connectivity index (χ1n) is 7.36. The van der Waals surface area contributed by atoms with Gasteiger partial charge in [0, 0.05) is 13.0 Å². The molecule has 0 saturated carbocycles. The predicted octanol–water partition coefficient (Wildman–Crippen LogP) is 1.39. The minimum absolute atomic E-state index is 0.0381. The van der Waals surface area contributed by atoms with E-state index in [0.29, 0.717) is 26.1 Å². The second-order valence-electron chi connectivity index (χ2n) is 5.29. The van der Waals surface area contributed by atoms with E-state index in [9.17, 15) is 13.2 Å². The van der Waals surface area contributed by atoms with Crippen molar-refractivity contribution in [1.29, 1.82) is 0 Å². The van der Waals surface area contributed by atoms with Gasteiger partial charge in [0.05, 0.1) is 32.1 Å². The van der Waals surface area contributed by atoms with Crippen molar-refractivity contribution in [3.05, 3.63) is 35.9 Å². The van der Waals surface area contributed by atoms with Crippen LogP contribution in [0.2, 0.25) is 0 Å². The molecule has 7 nitrogen and oxygen atoms in total. The molecule has 1 unspecified atom stereocenters.